The summed E-state index contributed by atoms with van der Waals surface area (Å²) in [6.07, 6.45) is 8.61. The summed E-state index contributed by atoms with van der Waals surface area (Å²) in [7, 11) is 0. The molecule has 0 aromatic rings. The molecule has 1 atom stereocenters. The maximum absolute atomic E-state index is 6.93. The fourth-order valence-electron chi connectivity index (χ4n) is 1.57. The van der Waals surface area contributed by atoms with E-state index in [4.69, 9.17) is 5.41 Å². The molecule has 1 aliphatic carbocycles. The predicted molar refractivity (Wildman–Crippen MR) is 44.5 cm³/mol. The minimum Gasteiger partial charge on any atom is -0.309 e. The molecule has 0 spiro atoms. The van der Waals surface area contributed by atoms with Gasteiger partial charge in [-0.05, 0) is 31.3 Å². The summed E-state index contributed by atoms with van der Waals surface area (Å²) < 4.78 is 0. The van der Waals surface area contributed by atoms with Gasteiger partial charge in [-0.15, -0.1) is 0 Å². The molecule has 10 heavy (non-hydrogen) atoms. The smallest absolute Gasteiger partial charge is 0.0177 e. The van der Waals surface area contributed by atoms with Gasteiger partial charge in [-0.3, -0.25) is 0 Å². The first-order valence-corrected chi connectivity index (χ1v) is 4.04. The molecular formula is C9H15N. The molecule has 0 aromatic carbocycles. The third-order valence-electron chi connectivity index (χ3n) is 2.28. The molecule has 1 unspecified atom stereocenters. The van der Waals surface area contributed by atoms with E-state index in [2.05, 4.69) is 6.92 Å². The number of rotatable bonds is 1. The summed E-state index contributed by atoms with van der Waals surface area (Å²) in [5.74, 6) is 0.732. The maximum atomic E-state index is 6.93. The van der Waals surface area contributed by atoms with Crippen molar-refractivity contribution >= 4 is 6.21 Å². The lowest BCUT2D eigenvalue weighted by Gasteiger charge is -2.20. The Labute approximate surface area is 62.6 Å². The second kappa shape index (κ2) is 3.55. The van der Waals surface area contributed by atoms with Gasteiger partial charge in [0.1, 0.15) is 0 Å². The van der Waals surface area contributed by atoms with Crippen molar-refractivity contribution in [3.05, 3.63) is 11.6 Å². The Hall–Kier alpha value is -0.590. The van der Waals surface area contributed by atoms with E-state index in [9.17, 15) is 0 Å². The zero-order chi connectivity index (χ0) is 7.40. The van der Waals surface area contributed by atoms with Crippen molar-refractivity contribution in [2.45, 2.75) is 32.6 Å². The minimum absolute atomic E-state index is 0.732. The number of allylic oxidation sites excluding steroid dienone is 2. The summed E-state index contributed by atoms with van der Waals surface area (Å²) in [6, 6.07) is 0. The normalized spacial score (nSPS) is 30.5. The van der Waals surface area contributed by atoms with E-state index in [0.29, 0.717) is 0 Å². The molecule has 0 aromatic heterocycles. The van der Waals surface area contributed by atoms with Gasteiger partial charge in [-0.25, -0.2) is 0 Å². The second-order valence-electron chi connectivity index (χ2n) is 3.06. The molecule has 1 nitrogen and oxygen atoms in total. The van der Waals surface area contributed by atoms with Crippen LogP contribution in [0, 0.1) is 11.3 Å². The van der Waals surface area contributed by atoms with E-state index >= 15 is 0 Å². The maximum Gasteiger partial charge on any atom is 0.0177 e. The highest BCUT2D eigenvalue weighted by molar-refractivity contribution is 5.69. The quantitative estimate of drug-likeness (QED) is 0.537. The molecule has 0 saturated heterocycles. The molecule has 0 bridgehead atoms. The Morgan fingerprint density at radius 2 is 2.30 bits per heavy atom. The summed E-state index contributed by atoms with van der Waals surface area (Å²) in [6.45, 7) is 2.26. The largest absolute Gasteiger partial charge is 0.309 e. The Kier molecular flexibility index (Phi) is 2.67. The van der Waals surface area contributed by atoms with Crippen LogP contribution >= 0.6 is 0 Å². The van der Waals surface area contributed by atoms with E-state index in [0.717, 1.165) is 5.92 Å². The molecule has 1 rings (SSSR count). The fraction of sp³-hybridized carbons (Fsp3) is 0.667. The van der Waals surface area contributed by atoms with Crippen LogP contribution in [0.1, 0.15) is 32.6 Å². The number of hydrogen-bond donors (Lipinski definition) is 1. The van der Waals surface area contributed by atoms with Crippen LogP contribution in [-0.4, -0.2) is 6.21 Å². The first-order valence-electron chi connectivity index (χ1n) is 4.04. The summed E-state index contributed by atoms with van der Waals surface area (Å²) in [4.78, 5) is 0. The predicted octanol–water partition coefficient (Wildman–Crippen LogP) is 2.77. The molecular weight excluding hydrogens is 122 g/mol. The topological polar surface area (TPSA) is 23.9 Å². The van der Waals surface area contributed by atoms with Crippen LogP contribution in [0.4, 0.5) is 0 Å². The lowest BCUT2D eigenvalue weighted by molar-refractivity contribution is 0.484. The van der Waals surface area contributed by atoms with E-state index in [-0.39, 0.29) is 0 Å². The number of nitrogens with one attached hydrogen (secondary N) is 1. The van der Waals surface area contributed by atoms with Crippen molar-refractivity contribution in [2.24, 2.45) is 5.92 Å². The van der Waals surface area contributed by atoms with Gasteiger partial charge < -0.3 is 5.41 Å². The van der Waals surface area contributed by atoms with Crippen LogP contribution in [0.25, 0.3) is 0 Å². The SMILES string of the molecule is CC1CCCC/C1=C\C=N. The Balaban J connectivity index is 2.55. The van der Waals surface area contributed by atoms with Crippen molar-refractivity contribution in [1.29, 1.82) is 5.41 Å². The van der Waals surface area contributed by atoms with Crippen LogP contribution in [-0.2, 0) is 0 Å². The van der Waals surface area contributed by atoms with Crippen molar-refractivity contribution in [3.63, 3.8) is 0 Å². The molecule has 1 fully saturated rings. The zero-order valence-corrected chi connectivity index (χ0v) is 6.56. The molecule has 1 saturated carbocycles. The molecule has 0 radical (unpaired) electrons. The monoisotopic (exact) mass is 137 g/mol. The highest BCUT2D eigenvalue weighted by Gasteiger charge is 2.12. The second-order valence-corrected chi connectivity index (χ2v) is 3.06. The average Bonchev–Trinajstić information content (AvgIpc) is 1.94. The van der Waals surface area contributed by atoms with Gasteiger partial charge in [-0.1, -0.05) is 18.9 Å². The van der Waals surface area contributed by atoms with Crippen molar-refractivity contribution in [3.8, 4) is 0 Å². The van der Waals surface area contributed by atoms with E-state index in [1.165, 1.54) is 37.5 Å². The van der Waals surface area contributed by atoms with E-state index in [1.807, 2.05) is 6.08 Å². The zero-order valence-electron chi connectivity index (χ0n) is 6.56. The van der Waals surface area contributed by atoms with Crippen LogP contribution in [0.3, 0.4) is 0 Å². The molecule has 0 heterocycles. The van der Waals surface area contributed by atoms with Crippen molar-refractivity contribution in [2.75, 3.05) is 0 Å². The lowest BCUT2D eigenvalue weighted by Crippen LogP contribution is -2.05. The first kappa shape index (κ1) is 7.52. The molecule has 0 aliphatic heterocycles. The van der Waals surface area contributed by atoms with E-state index in [1.54, 1.807) is 0 Å². The third-order valence-corrected chi connectivity index (χ3v) is 2.28. The van der Waals surface area contributed by atoms with Gasteiger partial charge in [-0.2, -0.15) is 0 Å². The van der Waals surface area contributed by atoms with Gasteiger partial charge in [0.2, 0.25) is 0 Å². The number of hydrogen-bond acceptors (Lipinski definition) is 1. The van der Waals surface area contributed by atoms with Crippen molar-refractivity contribution in [1.82, 2.24) is 0 Å². The van der Waals surface area contributed by atoms with Gasteiger partial charge in [0.15, 0.2) is 0 Å². The highest BCUT2D eigenvalue weighted by Crippen LogP contribution is 2.27. The van der Waals surface area contributed by atoms with Crippen LogP contribution in [0.5, 0.6) is 0 Å². The Morgan fingerprint density at radius 3 is 2.90 bits per heavy atom. The van der Waals surface area contributed by atoms with E-state index < -0.39 is 0 Å². The molecule has 56 valence electrons. The lowest BCUT2D eigenvalue weighted by atomic mass is 9.85. The van der Waals surface area contributed by atoms with Crippen LogP contribution < -0.4 is 0 Å². The highest BCUT2D eigenvalue weighted by atomic mass is 14.3. The average molecular weight is 137 g/mol. The molecule has 1 heteroatoms. The van der Waals surface area contributed by atoms with Gasteiger partial charge in [0, 0.05) is 6.21 Å². The third kappa shape index (κ3) is 1.69. The van der Waals surface area contributed by atoms with Crippen molar-refractivity contribution < 1.29 is 0 Å². The van der Waals surface area contributed by atoms with Gasteiger partial charge in [0.25, 0.3) is 0 Å². The summed E-state index contributed by atoms with van der Waals surface area (Å²) >= 11 is 0. The summed E-state index contributed by atoms with van der Waals surface area (Å²) in [5, 5.41) is 6.93. The van der Waals surface area contributed by atoms with Crippen LogP contribution in [0.15, 0.2) is 11.6 Å². The van der Waals surface area contributed by atoms with Crippen LogP contribution in [0.2, 0.25) is 0 Å². The van der Waals surface area contributed by atoms with Gasteiger partial charge >= 0.3 is 0 Å². The molecule has 1 N–H and O–H groups in total. The molecule has 0 amide bonds. The minimum atomic E-state index is 0.732. The Morgan fingerprint density at radius 1 is 1.50 bits per heavy atom. The van der Waals surface area contributed by atoms with Gasteiger partial charge in [0.05, 0.1) is 0 Å². The fourth-order valence-corrected chi connectivity index (χ4v) is 1.57. The standard InChI is InChI=1S/C9H15N/c1-8-4-2-3-5-9(8)6-7-10/h6-8,10H,2-5H2,1H3/b9-6+,10-7?. The Bertz CT molecular complexity index is 147. The summed E-state index contributed by atoms with van der Waals surface area (Å²) in [5.41, 5.74) is 1.47. The molecule has 1 aliphatic rings. The first-order chi connectivity index (χ1) is 4.84.